The van der Waals surface area contributed by atoms with E-state index in [1.807, 2.05) is 0 Å². The molecule has 2 nitrogen and oxygen atoms in total. The van der Waals surface area contributed by atoms with Crippen LogP contribution in [0.3, 0.4) is 0 Å². The first-order valence-corrected chi connectivity index (χ1v) is 6.61. The van der Waals surface area contributed by atoms with E-state index in [4.69, 9.17) is 4.74 Å². The molecule has 0 aliphatic heterocycles. The van der Waals surface area contributed by atoms with E-state index >= 15 is 0 Å². The minimum Gasteiger partial charge on any atom is -0.377 e. The molecule has 1 saturated carbocycles. The fourth-order valence-electron chi connectivity index (χ4n) is 2.45. The highest BCUT2D eigenvalue weighted by molar-refractivity contribution is 4.77. The van der Waals surface area contributed by atoms with Crippen LogP contribution in [-0.2, 0) is 4.74 Å². The molecule has 0 bridgehead atoms. The lowest BCUT2D eigenvalue weighted by atomic mass is 9.84. The van der Waals surface area contributed by atoms with Gasteiger partial charge in [0.25, 0.3) is 0 Å². The fraction of sp³-hybridized carbons (Fsp3) is 1.00. The van der Waals surface area contributed by atoms with E-state index in [0.717, 1.165) is 25.1 Å². The Balaban J connectivity index is 2.08. The van der Waals surface area contributed by atoms with Crippen molar-refractivity contribution in [1.29, 1.82) is 0 Å². The van der Waals surface area contributed by atoms with Gasteiger partial charge >= 0.3 is 0 Å². The molecule has 1 unspecified atom stereocenters. The molecular formula is C13H27NO. The van der Waals surface area contributed by atoms with Crippen LogP contribution in [0.5, 0.6) is 0 Å². The maximum atomic E-state index is 5.51. The Bertz CT molecular complexity index is 153. The van der Waals surface area contributed by atoms with Crippen LogP contribution in [-0.4, -0.2) is 25.3 Å². The zero-order chi connectivity index (χ0) is 11.1. The van der Waals surface area contributed by atoms with Crippen molar-refractivity contribution in [2.24, 2.45) is 5.92 Å². The Kier molecular flexibility index (Phi) is 6.26. The van der Waals surface area contributed by atoms with Gasteiger partial charge in [-0.05, 0) is 45.4 Å². The van der Waals surface area contributed by atoms with Gasteiger partial charge in [0.2, 0.25) is 0 Å². The van der Waals surface area contributed by atoms with Crippen LogP contribution in [0.1, 0.15) is 52.9 Å². The molecule has 0 aromatic carbocycles. The number of hydrogen-bond acceptors (Lipinski definition) is 2. The quantitative estimate of drug-likeness (QED) is 0.732. The summed E-state index contributed by atoms with van der Waals surface area (Å²) < 4.78 is 5.51. The zero-order valence-corrected chi connectivity index (χ0v) is 10.6. The van der Waals surface area contributed by atoms with Crippen LogP contribution >= 0.6 is 0 Å². The summed E-state index contributed by atoms with van der Waals surface area (Å²) in [5.74, 6) is 0.993. The molecule has 1 aliphatic rings. The van der Waals surface area contributed by atoms with Crippen molar-refractivity contribution in [3.63, 3.8) is 0 Å². The van der Waals surface area contributed by atoms with E-state index in [1.54, 1.807) is 0 Å². The van der Waals surface area contributed by atoms with Crippen molar-refractivity contribution >= 4 is 0 Å². The molecule has 0 heterocycles. The summed E-state index contributed by atoms with van der Waals surface area (Å²) in [6.45, 7) is 8.35. The molecule has 1 atom stereocenters. The van der Waals surface area contributed by atoms with Gasteiger partial charge in [0.15, 0.2) is 0 Å². The third-order valence-electron chi connectivity index (χ3n) is 3.57. The van der Waals surface area contributed by atoms with Crippen LogP contribution in [0, 0.1) is 5.92 Å². The smallest absolute Gasteiger partial charge is 0.0671 e. The van der Waals surface area contributed by atoms with E-state index in [0.29, 0.717) is 6.10 Å². The van der Waals surface area contributed by atoms with Crippen molar-refractivity contribution < 1.29 is 4.74 Å². The van der Waals surface area contributed by atoms with Crippen LogP contribution in [0.15, 0.2) is 0 Å². The summed E-state index contributed by atoms with van der Waals surface area (Å²) in [4.78, 5) is 0. The Labute approximate surface area is 94.8 Å². The van der Waals surface area contributed by atoms with Crippen LogP contribution in [0.25, 0.3) is 0 Å². The van der Waals surface area contributed by atoms with Gasteiger partial charge in [-0.25, -0.2) is 0 Å². The second kappa shape index (κ2) is 7.24. The third kappa shape index (κ3) is 4.98. The maximum absolute atomic E-state index is 5.51. The minimum absolute atomic E-state index is 0.360. The number of hydrogen-bond donors (Lipinski definition) is 1. The standard InChI is InChI=1S/C13H27NO/c1-4-12-6-8-13(9-7-12)14-10-11(3)15-5-2/h11-14H,4-10H2,1-3H3. The molecule has 0 radical (unpaired) electrons. The van der Waals surface area contributed by atoms with Crippen LogP contribution in [0.4, 0.5) is 0 Å². The van der Waals surface area contributed by atoms with Gasteiger partial charge in [-0.15, -0.1) is 0 Å². The summed E-state index contributed by atoms with van der Waals surface area (Å²) in [5.41, 5.74) is 0. The lowest BCUT2D eigenvalue weighted by Gasteiger charge is -2.29. The Morgan fingerprint density at radius 3 is 2.40 bits per heavy atom. The van der Waals surface area contributed by atoms with Gasteiger partial charge < -0.3 is 10.1 Å². The van der Waals surface area contributed by atoms with Gasteiger partial charge in [-0.1, -0.05) is 13.3 Å². The molecule has 0 aromatic rings. The molecule has 1 fully saturated rings. The van der Waals surface area contributed by atoms with E-state index in [9.17, 15) is 0 Å². The minimum atomic E-state index is 0.360. The highest BCUT2D eigenvalue weighted by atomic mass is 16.5. The van der Waals surface area contributed by atoms with Gasteiger partial charge in [-0.2, -0.15) is 0 Å². The molecule has 0 spiro atoms. The van der Waals surface area contributed by atoms with E-state index < -0.39 is 0 Å². The molecule has 15 heavy (non-hydrogen) atoms. The van der Waals surface area contributed by atoms with Crippen molar-refractivity contribution in [2.75, 3.05) is 13.2 Å². The SMILES string of the molecule is CCOC(C)CNC1CCC(CC)CC1. The van der Waals surface area contributed by atoms with Crippen molar-refractivity contribution in [3.8, 4) is 0 Å². The van der Waals surface area contributed by atoms with Gasteiger partial charge in [0, 0.05) is 19.2 Å². The molecule has 2 heteroatoms. The van der Waals surface area contributed by atoms with Gasteiger partial charge in [-0.3, -0.25) is 0 Å². The highest BCUT2D eigenvalue weighted by Gasteiger charge is 2.19. The Morgan fingerprint density at radius 1 is 1.20 bits per heavy atom. The Morgan fingerprint density at radius 2 is 1.87 bits per heavy atom. The predicted octanol–water partition coefficient (Wildman–Crippen LogP) is 2.97. The average Bonchev–Trinajstić information content (AvgIpc) is 2.27. The van der Waals surface area contributed by atoms with E-state index in [2.05, 4.69) is 26.1 Å². The van der Waals surface area contributed by atoms with Crippen molar-refractivity contribution in [2.45, 2.75) is 65.0 Å². The fourth-order valence-corrected chi connectivity index (χ4v) is 2.45. The molecular weight excluding hydrogens is 186 g/mol. The summed E-state index contributed by atoms with van der Waals surface area (Å²) >= 11 is 0. The summed E-state index contributed by atoms with van der Waals surface area (Å²) in [7, 11) is 0. The van der Waals surface area contributed by atoms with Crippen LogP contribution < -0.4 is 5.32 Å². The average molecular weight is 213 g/mol. The second-order valence-electron chi connectivity index (χ2n) is 4.80. The third-order valence-corrected chi connectivity index (χ3v) is 3.57. The second-order valence-corrected chi connectivity index (χ2v) is 4.80. The molecule has 1 rings (SSSR count). The largest absolute Gasteiger partial charge is 0.377 e. The molecule has 0 aromatic heterocycles. The molecule has 0 saturated heterocycles. The van der Waals surface area contributed by atoms with Crippen molar-refractivity contribution in [1.82, 2.24) is 5.32 Å². The molecule has 1 aliphatic carbocycles. The Hall–Kier alpha value is -0.0800. The topological polar surface area (TPSA) is 21.3 Å². The first kappa shape index (κ1) is 13.0. The molecule has 90 valence electrons. The molecule has 0 amide bonds. The van der Waals surface area contributed by atoms with E-state index in [1.165, 1.54) is 32.1 Å². The number of nitrogens with one attached hydrogen (secondary N) is 1. The van der Waals surface area contributed by atoms with Gasteiger partial charge in [0.05, 0.1) is 6.10 Å². The van der Waals surface area contributed by atoms with Crippen molar-refractivity contribution in [3.05, 3.63) is 0 Å². The highest BCUT2D eigenvalue weighted by Crippen LogP contribution is 2.26. The lowest BCUT2D eigenvalue weighted by molar-refractivity contribution is 0.0720. The summed E-state index contributed by atoms with van der Waals surface area (Å²) in [6.07, 6.45) is 7.27. The monoisotopic (exact) mass is 213 g/mol. The maximum Gasteiger partial charge on any atom is 0.0671 e. The summed E-state index contributed by atoms with van der Waals surface area (Å²) in [6, 6.07) is 0.746. The van der Waals surface area contributed by atoms with Crippen LogP contribution in [0.2, 0.25) is 0 Å². The zero-order valence-electron chi connectivity index (χ0n) is 10.6. The van der Waals surface area contributed by atoms with E-state index in [-0.39, 0.29) is 0 Å². The lowest BCUT2D eigenvalue weighted by Crippen LogP contribution is -2.38. The summed E-state index contributed by atoms with van der Waals surface area (Å²) in [5, 5.41) is 3.63. The number of rotatable bonds is 6. The normalized spacial score (nSPS) is 29.0. The first-order valence-electron chi connectivity index (χ1n) is 6.61. The predicted molar refractivity (Wildman–Crippen MR) is 65.1 cm³/mol. The number of ether oxygens (including phenoxy) is 1. The first-order chi connectivity index (χ1) is 7.26. The van der Waals surface area contributed by atoms with Gasteiger partial charge in [0.1, 0.15) is 0 Å². The molecule has 1 N–H and O–H groups in total.